The van der Waals surface area contributed by atoms with Gasteiger partial charge in [-0.3, -0.25) is 9.88 Å². The molecule has 1 aliphatic rings. The van der Waals surface area contributed by atoms with Gasteiger partial charge in [-0.2, -0.15) is 0 Å². The molecule has 4 heterocycles. The quantitative estimate of drug-likeness (QED) is 0.759. The number of aryl methyl sites for hydroxylation is 1. The summed E-state index contributed by atoms with van der Waals surface area (Å²) in [6, 6.07) is 8.32. The van der Waals surface area contributed by atoms with Gasteiger partial charge in [-0.1, -0.05) is 6.07 Å². The Morgan fingerprint density at radius 3 is 2.92 bits per heavy atom. The molecule has 0 bridgehead atoms. The second-order valence-electron chi connectivity index (χ2n) is 6.05. The second-order valence-corrected chi connectivity index (χ2v) is 6.97. The van der Waals surface area contributed by atoms with Crippen molar-refractivity contribution in [1.29, 1.82) is 0 Å². The Balaban J connectivity index is 1.59. The van der Waals surface area contributed by atoms with Gasteiger partial charge in [0.2, 0.25) is 0 Å². The molecule has 3 aromatic rings. The van der Waals surface area contributed by atoms with E-state index in [-0.39, 0.29) is 6.04 Å². The molecule has 1 atom stereocenters. The van der Waals surface area contributed by atoms with Gasteiger partial charge in [0.05, 0.1) is 35.2 Å². The van der Waals surface area contributed by atoms with E-state index in [9.17, 15) is 0 Å². The first-order chi connectivity index (χ1) is 12.3. The van der Waals surface area contributed by atoms with E-state index in [1.54, 1.807) is 11.3 Å². The van der Waals surface area contributed by atoms with E-state index in [1.807, 2.05) is 31.3 Å². The van der Waals surface area contributed by atoms with Gasteiger partial charge in [-0.05, 0) is 30.5 Å². The van der Waals surface area contributed by atoms with E-state index >= 15 is 0 Å². The van der Waals surface area contributed by atoms with Crippen LogP contribution in [-0.4, -0.2) is 52.7 Å². The molecule has 6 nitrogen and oxygen atoms in total. The molecule has 1 aliphatic heterocycles. The molecule has 0 amide bonds. The van der Waals surface area contributed by atoms with Crippen molar-refractivity contribution in [2.75, 3.05) is 38.2 Å². The van der Waals surface area contributed by atoms with Gasteiger partial charge in [0.1, 0.15) is 11.6 Å². The molecule has 3 aromatic heterocycles. The number of hydrogen-bond donors (Lipinski definition) is 1. The summed E-state index contributed by atoms with van der Waals surface area (Å²) in [4.78, 5) is 16.1. The van der Waals surface area contributed by atoms with E-state index in [4.69, 9.17) is 4.74 Å². The zero-order valence-corrected chi connectivity index (χ0v) is 15.0. The molecule has 4 rings (SSSR count). The standard InChI is InChI=1S/C18H21N5OS/c1-13-21-15-5-11-25-17(15)18(22-13)20-12-16(14-4-2-3-6-19-14)23-7-9-24-10-8-23/h2-6,11,16H,7-10,12H2,1H3,(H,20,21,22)/t16-/m0/s1. The molecule has 0 aromatic carbocycles. The lowest BCUT2D eigenvalue weighted by Crippen LogP contribution is -2.41. The van der Waals surface area contributed by atoms with Crippen molar-refractivity contribution in [1.82, 2.24) is 19.9 Å². The van der Waals surface area contributed by atoms with Gasteiger partial charge >= 0.3 is 0 Å². The highest BCUT2D eigenvalue weighted by molar-refractivity contribution is 7.17. The Labute approximate surface area is 150 Å². The second kappa shape index (κ2) is 7.43. The predicted octanol–water partition coefficient (Wildman–Crippen LogP) is 2.88. The molecule has 25 heavy (non-hydrogen) atoms. The van der Waals surface area contributed by atoms with Crippen LogP contribution < -0.4 is 5.32 Å². The highest BCUT2D eigenvalue weighted by Gasteiger charge is 2.24. The summed E-state index contributed by atoms with van der Waals surface area (Å²) in [5, 5.41) is 5.61. The van der Waals surface area contributed by atoms with Gasteiger partial charge in [0.25, 0.3) is 0 Å². The van der Waals surface area contributed by atoms with Crippen molar-refractivity contribution in [2.45, 2.75) is 13.0 Å². The number of anilines is 1. The Bertz CT molecular complexity index is 832. The molecule has 0 aliphatic carbocycles. The van der Waals surface area contributed by atoms with E-state index in [0.717, 1.165) is 60.4 Å². The molecular formula is C18H21N5OS. The fraction of sp³-hybridized carbons (Fsp3) is 0.389. The average Bonchev–Trinajstić information content (AvgIpc) is 3.12. The number of aromatic nitrogens is 3. The van der Waals surface area contributed by atoms with Gasteiger partial charge < -0.3 is 10.1 Å². The smallest absolute Gasteiger partial charge is 0.147 e. The van der Waals surface area contributed by atoms with E-state index in [2.05, 4.69) is 36.6 Å². The summed E-state index contributed by atoms with van der Waals surface area (Å²) in [5.74, 6) is 1.70. The van der Waals surface area contributed by atoms with Crippen LogP contribution in [0.1, 0.15) is 17.6 Å². The normalized spacial score (nSPS) is 16.8. The Morgan fingerprint density at radius 2 is 2.12 bits per heavy atom. The lowest BCUT2D eigenvalue weighted by atomic mass is 10.1. The molecule has 0 saturated carbocycles. The first-order valence-corrected chi connectivity index (χ1v) is 9.37. The molecule has 0 radical (unpaired) electrons. The minimum Gasteiger partial charge on any atom is -0.379 e. The Hall–Kier alpha value is -2.09. The van der Waals surface area contributed by atoms with Crippen LogP contribution in [0.15, 0.2) is 35.8 Å². The number of morpholine rings is 1. The SMILES string of the molecule is Cc1nc(NC[C@@H](c2ccccn2)N2CCOCC2)c2sccc2n1. The molecule has 7 heteroatoms. The number of fused-ring (bicyclic) bond motifs is 1. The maximum atomic E-state index is 5.51. The molecular weight excluding hydrogens is 334 g/mol. The fourth-order valence-electron chi connectivity index (χ4n) is 3.18. The van der Waals surface area contributed by atoms with Crippen LogP contribution >= 0.6 is 11.3 Å². The summed E-state index contributed by atoms with van der Waals surface area (Å²) in [6.45, 7) is 6.05. The lowest BCUT2D eigenvalue weighted by molar-refractivity contribution is 0.0179. The van der Waals surface area contributed by atoms with Crippen LogP contribution in [0.2, 0.25) is 0 Å². The maximum absolute atomic E-state index is 5.51. The fourth-order valence-corrected chi connectivity index (χ4v) is 3.97. The minimum atomic E-state index is 0.190. The van der Waals surface area contributed by atoms with Crippen molar-refractivity contribution in [3.05, 3.63) is 47.4 Å². The van der Waals surface area contributed by atoms with Gasteiger partial charge in [0.15, 0.2) is 0 Å². The van der Waals surface area contributed by atoms with Crippen LogP contribution in [0.25, 0.3) is 10.2 Å². The molecule has 130 valence electrons. The van der Waals surface area contributed by atoms with Gasteiger partial charge in [0, 0.05) is 25.8 Å². The molecule has 1 fully saturated rings. The number of hydrogen-bond acceptors (Lipinski definition) is 7. The van der Waals surface area contributed by atoms with Crippen molar-refractivity contribution in [3.8, 4) is 0 Å². The monoisotopic (exact) mass is 355 g/mol. The first-order valence-electron chi connectivity index (χ1n) is 8.50. The third kappa shape index (κ3) is 3.63. The molecule has 0 spiro atoms. The maximum Gasteiger partial charge on any atom is 0.147 e. The summed E-state index contributed by atoms with van der Waals surface area (Å²) >= 11 is 1.67. The highest BCUT2D eigenvalue weighted by Crippen LogP contribution is 2.27. The Morgan fingerprint density at radius 1 is 1.24 bits per heavy atom. The number of nitrogens with one attached hydrogen (secondary N) is 1. The number of thiophene rings is 1. The lowest BCUT2D eigenvalue weighted by Gasteiger charge is -2.34. The molecule has 0 unspecified atom stereocenters. The summed E-state index contributed by atoms with van der Waals surface area (Å²) in [6.07, 6.45) is 1.86. The number of ether oxygens (including phenoxy) is 1. The van der Waals surface area contributed by atoms with Gasteiger partial charge in [-0.25, -0.2) is 9.97 Å². The largest absolute Gasteiger partial charge is 0.379 e. The van der Waals surface area contributed by atoms with Crippen LogP contribution in [0, 0.1) is 6.92 Å². The molecule has 1 saturated heterocycles. The van der Waals surface area contributed by atoms with E-state index in [0.29, 0.717) is 0 Å². The highest BCUT2D eigenvalue weighted by atomic mass is 32.1. The summed E-state index contributed by atoms with van der Waals surface area (Å²) in [7, 11) is 0. The van der Waals surface area contributed by atoms with Crippen LogP contribution in [0.5, 0.6) is 0 Å². The van der Waals surface area contributed by atoms with Crippen molar-refractivity contribution < 1.29 is 4.74 Å². The zero-order valence-electron chi connectivity index (χ0n) is 14.2. The van der Waals surface area contributed by atoms with Crippen LogP contribution in [0.3, 0.4) is 0 Å². The van der Waals surface area contributed by atoms with E-state index in [1.165, 1.54) is 0 Å². The Kier molecular flexibility index (Phi) is 4.87. The summed E-state index contributed by atoms with van der Waals surface area (Å²) in [5.41, 5.74) is 2.07. The topological polar surface area (TPSA) is 63.2 Å². The third-order valence-corrected chi connectivity index (χ3v) is 5.30. The third-order valence-electron chi connectivity index (χ3n) is 4.39. The summed E-state index contributed by atoms with van der Waals surface area (Å²) < 4.78 is 6.61. The minimum absolute atomic E-state index is 0.190. The van der Waals surface area contributed by atoms with Crippen LogP contribution in [0.4, 0.5) is 5.82 Å². The zero-order chi connectivity index (χ0) is 17.1. The number of rotatable bonds is 5. The van der Waals surface area contributed by atoms with Gasteiger partial charge in [-0.15, -0.1) is 11.3 Å². The number of pyridine rings is 1. The average molecular weight is 355 g/mol. The van der Waals surface area contributed by atoms with Crippen LogP contribution in [-0.2, 0) is 4.74 Å². The van der Waals surface area contributed by atoms with E-state index < -0.39 is 0 Å². The predicted molar refractivity (Wildman–Crippen MR) is 100 cm³/mol. The van der Waals surface area contributed by atoms with Crippen molar-refractivity contribution in [2.24, 2.45) is 0 Å². The van der Waals surface area contributed by atoms with Crippen molar-refractivity contribution in [3.63, 3.8) is 0 Å². The molecule has 1 N–H and O–H groups in total. The first kappa shape index (κ1) is 16.4. The number of nitrogens with zero attached hydrogens (tertiary/aromatic N) is 4. The van der Waals surface area contributed by atoms with Crippen molar-refractivity contribution >= 4 is 27.4 Å².